The molecule has 19 heavy (non-hydrogen) atoms. The number of rotatable bonds is 5. The highest BCUT2D eigenvalue weighted by molar-refractivity contribution is 7.99. The van der Waals surface area contributed by atoms with Gasteiger partial charge in [0.1, 0.15) is 5.03 Å². The number of thioether (sulfide) groups is 1. The maximum absolute atomic E-state index is 11.6. The molecule has 2 rings (SSSR count). The summed E-state index contributed by atoms with van der Waals surface area (Å²) in [6.07, 6.45) is 1.41. The first-order valence-corrected chi connectivity index (χ1v) is 6.23. The molecule has 0 radical (unpaired) electrons. The van der Waals surface area contributed by atoms with Crippen LogP contribution in [0.25, 0.3) is 0 Å². The van der Waals surface area contributed by atoms with E-state index in [-0.39, 0.29) is 11.5 Å². The summed E-state index contributed by atoms with van der Waals surface area (Å²) in [5, 5.41) is 10.7. The van der Waals surface area contributed by atoms with Gasteiger partial charge in [-0.05, 0) is 24.3 Å². The Labute approximate surface area is 112 Å². The number of nitrogens with one attached hydrogen (secondary N) is 1. The molecule has 0 spiro atoms. The quantitative estimate of drug-likeness (QED) is 0.786. The SMILES string of the molecule is NC(=O)CSc1ccc(NC(=O)c2ccco2)nn1. The van der Waals surface area contributed by atoms with Gasteiger partial charge in [-0.1, -0.05) is 11.8 Å². The van der Waals surface area contributed by atoms with E-state index < -0.39 is 11.8 Å². The number of nitrogens with zero attached hydrogens (tertiary/aromatic N) is 2. The summed E-state index contributed by atoms with van der Waals surface area (Å²) in [5.41, 5.74) is 5.01. The van der Waals surface area contributed by atoms with Gasteiger partial charge >= 0.3 is 0 Å². The molecular weight excluding hydrogens is 268 g/mol. The van der Waals surface area contributed by atoms with E-state index in [2.05, 4.69) is 15.5 Å². The maximum atomic E-state index is 11.6. The van der Waals surface area contributed by atoms with Gasteiger partial charge in [-0.15, -0.1) is 10.2 Å². The number of carbonyl (C=O) groups excluding carboxylic acids is 2. The van der Waals surface area contributed by atoms with Gasteiger partial charge in [-0.2, -0.15) is 0 Å². The smallest absolute Gasteiger partial charge is 0.292 e. The minimum atomic E-state index is -0.429. The number of hydrogen-bond acceptors (Lipinski definition) is 6. The first kappa shape index (κ1) is 13.1. The molecule has 0 aliphatic rings. The molecule has 2 heterocycles. The van der Waals surface area contributed by atoms with Gasteiger partial charge in [0.25, 0.3) is 5.91 Å². The number of anilines is 1. The molecule has 2 aromatic heterocycles. The normalized spacial score (nSPS) is 10.1. The van der Waals surface area contributed by atoms with Crippen molar-refractivity contribution in [1.29, 1.82) is 0 Å². The van der Waals surface area contributed by atoms with Crippen LogP contribution in [0.2, 0.25) is 0 Å². The second kappa shape index (κ2) is 6.01. The predicted octanol–water partition coefficient (Wildman–Crippen LogP) is 0.899. The third kappa shape index (κ3) is 3.81. The summed E-state index contributed by atoms with van der Waals surface area (Å²) in [6, 6.07) is 6.37. The number of primary amides is 1. The molecule has 0 saturated carbocycles. The molecule has 0 fully saturated rings. The van der Waals surface area contributed by atoms with Crippen molar-refractivity contribution in [2.75, 3.05) is 11.1 Å². The van der Waals surface area contributed by atoms with Crippen molar-refractivity contribution in [2.45, 2.75) is 5.03 Å². The topological polar surface area (TPSA) is 111 Å². The molecule has 98 valence electrons. The molecule has 0 aliphatic carbocycles. The fourth-order valence-electron chi connectivity index (χ4n) is 1.19. The average Bonchev–Trinajstić information content (AvgIpc) is 2.92. The van der Waals surface area contributed by atoms with Crippen LogP contribution in [-0.4, -0.2) is 27.8 Å². The number of carbonyl (C=O) groups is 2. The van der Waals surface area contributed by atoms with E-state index >= 15 is 0 Å². The third-order valence-corrected chi connectivity index (χ3v) is 2.93. The Hall–Kier alpha value is -2.35. The summed E-state index contributed by atoms with van der Waals surface area (Å²) in [6.45, 7) is 0. The van der Waals surface area contributed by atoms with Gasteiger partial charge in [-0.25, -0.2) is 0 Å². The number of aromatic nitrogens is 2. The van der Waals surface area contributed by atoms with Crippen LogP contribution in [0.4, 0.5) is 5.82 Å². The highest BCUT2D eigenvalue weighted by Gasteiger charge is 2.09. The molecular formula is C11H10N4O3S. The Kier molecular flexibility index (Phi) is 4.14. The zero-order chi connectivity index (χ0) is 13.7. The molecule has 0 aliphatic heterocycles. The molecule has 0 atom stereocenters. The lowest BCUT2D eigenvalue weighted by molar-refractivity contribution is -0.115. The molecule has 0 saturated heterocycles. The van der Waals surface area contributed by atoms with Crippen molar-refractivity contribution in [3.8, 4) is 0 Å². The Morgan fingerprint density at radius 3 is 2.74 bits per heavy atom. The van der Waals surface area contributed by atoms with Crippen molar-refractivity contribution in [3.63, 3.8) is 0 Å². The Bertz CT molecular complexity index is 568. The summed E-state index contributed by atoms with van der Waals surface area (Å²) < 4.78 is 4.94. The minimum absolute atomic E-state index is 0.132. The van der Waals surface area contributed by atoms with Crippen LogP contribution >= 0.6 is 11.8 Å². The molecule has 8 heteroatoms. The van der Waals surface area contributed by atoms with Gasteiger partial charge < -0.3 is 15.5 Å². The second-order valence-corrected chi connectivity index (χ2v) is 4.44. The molecule has 0 bridgehead atoms. The summed E-state index contributed by atoms with van der Waals surface area (Å²) in [7, 11) is 0. The van der Waals surface area contributed by atoms with Crippen molar-refractivity contribution in [3.05, 3.63) is 36.3 Å². The fraction of sp³-hybridized carbons (Fsp3) is 0.0909. The predicted molar refractivity (Wildman–Crippen MR) is 68.6 cm³/mol. The maximum Gasteiger partial charge on any atom is 0.292 e. The molecule has 7 nitrogen and oxygen atoms in total. The molecule has 0 aromatic carbocycles. The van der Waals surface area contributed by atoms with Gasteiger partial charge in [-0.3, -0.25) is 9.59 Å². The van der Waals surface area contributed by atoms with E-state index in [1.807, 2.05) is 0 Å². The Balaban J connectivity index is 1.95. The lowest BCUT2D eigenvalue weighted by Gasteiger charge is -2.02. The first-order chi connectivity index (χ1) is 9.15. The minimum Gasteiger partial charge on any atom is -0.459 e. The van der Waals surface area contributed by atoms with Crippen molar-refractivity contribution in [2.24, 2.45) is 5.73 Å². The first-order valence-electron chi connectivity index (χ1n) is 5.25. The van der Waals surface area contributed by atoms with E-state index in [0.717, 1.165) is 0 Å². The van der Waals surface area contributed by atoms with E-state index in [0.29, 0.717) is 10.8 Å². The number of amides is 2. The lowest BCUT2D eigenvalue weighted by atomic mass is 10.4. The molecule has 3 N–H and O–H groups in total. The highest BCUT2D eigenvalue weighted by Crippen LogP contribution is 2.15. The summed E-state index contributed by atoms with van der Waals surface area (Å²) in [4.78, 5) is 22.2. The lowest BCUT2D eigenvalue weighted by Crippen LogP contribution is -2.14. The van der Waals surface area contributed by atoms with Crippen LogP contribution < -0.4 is 11.1 Å². The monoisotopic (exact) mass is 278 g/mol. The van der Waals surface area contributed by atoms with Crippen LogP contribution in [0.15, 0.2) is 40.0 Å². The second-order valence-electron chi connectivity index (χ2n) is 3.44. The Morgan fingerprint density at radius 2 is 2.16 bits per heavy atom. The largest absolute Gasteiger partial charge is 0.459 e. The Morgan fingerprint density at radius 1 is 1.32 bits per heavy atom. The van der Waals surface area contributed by atoms with Crippen molar-refractivity contribution >= 4 is 29.4 Å². The fourth-order valence-corrected chi connectivity index (χ4v) is 1.75. The van der Waals surface area contributed by atoms with Gasteiger partial charge in [0, 0.05) is 0 Å². The van der Waals surface area contributed by atoms with Gasteiger partial charge in [0.2, 0.25) is 5.91 Å². The molecule has 0 unspecified atom stereocenters. The van der Waals surface area contributed by atoms with Gasteiger partial charge in [0.15, 0.2) is 11.6 Å². The van der Waals surface area contributed by atoms with E-state index in [9.17, 15) is 9.59 Å². The van der Waals surface area contributed by atoms with Crippen LogP contribution in [0.5, 0.6) is 0 Å². The summed E-state index contributed by atoms with van der Waals surface area (Å²) in [5.74, 6) is -0.218. The van der Waals surface area contributed by atoms with Gasteiger partial charge in [0.05, 0.1) is 12.0 Å². The number of nitrogens with two attached hydrogens (primary N) is 1. The van der Waals surface area contributed by atoms with E-state index in [1.54, 1.807) is 24.3 Å². The standard InChI is InChI=1S/C11H10N4O3S/c12-8(16)6-19-10-4-3-9(14-15-10)13-11(17)7-2-1-5-18-7/h1-5H,6H2,(H2,12,16)(H,13,14,17). The third-order valence-electron chi connectivity index (χ3n) is 1.99. The van der Waals surface area contributed by atoms with Crippen molar-refractivity contribution in [1.82, 2.24) is 10.2 Å². The zero-order valence-electron chi connectivity index (χ0n) is 9.70. The van der Waals surface area contributed by atoms with Crippen LogP contribution in [0.1, 0.15) is 10.6 Å². The number of hydrogen-bond donors (Lipinski definition) is 2. The molecule has 2 aromatic rings. The molecule has 2 amide bonds. The van der Waals surface area contributed by atoms with Crippen LogP contribution in [0, 0.1) is 0 Å². The van der Waals surface area contributed by atoms with E-state index in [4.69, 9.17) is 10.2 Å². The average molecular weight is 278 g/mol. The van der Waals surface area contributed by atoms with E-state index in [1.165, 1.54) is 18.0 Å². The van der Waals surface area contributed by atoms with Crippen LogP contribution in [-0.2, 0) is 4.79 Å². The van der Waals surface area contributed by atoms with Crippen molar-refractivity contribution < 1.29 is 14.0 Å². The zero-order valence-corrected chi connectivity index (χ0v) is 10.5. The number of furan rings is 1. The summed E-state index contributed by atoms with van der Waals surface area (Å²) >= 11 is 1.17. The van der Waals surface area contributed by atoms with Crippen LogP contribution in [0.3, 0.4) is 0 Å². The highest BCUT2D eigenvalue weighted by atomic mass is 32.2.